The van der Waals surface area contributed by atoms with E-state index in [1.807, 2.05) is 31.2 Å². The first-order chi connectivity index (χ1) is 14.0. The highest BCUT2D eigenvalue weighted by atomic mass is 32.2. The van der Waals surface area contributed by atoms with Crippen LogP contribution in [0.2, 0.25) is 0 Å². The summed E-state index contributed by atoms with van der Waals surface area (Å²) in [6, 6.07) is 13.9. The van der Waals surface area contributed by atoms with Crippen molar-refractivity contribution < 1.29 is 18.5 Å². The van der Waals surface area contributed by atoms with Gasteiger partial charge in [0, 0.05) is 23.3 Å². The molecule has 0 spiro atoms. The first-order valence-corrected chi connectivity index (χ1v) is 9.84. The minimum absolute atomic E-state index is 0.0230. The highest BCUT2D eigenvalue weighted by molar-refractivity contribution is 8.00. The van der Waals surface area contributed by atoms with Gasteiger partial charge in [0.1, 0.15) is 5.82 Å². The van der Waals surface area contributed by atoms with Gasteiger partial charge >= 0.3 is 0 Å². The maximum absolute atomic E-state index is 13.5. The van der Waals surface area contributed by atoms with E-state index in [9.17, 15) is 14.0 Å². The molecule has 2 amide bonds. The third-order valence-corrected chi connectivity index (χ3v) is 4.93. The molecule has 0 aliphatic carbocycles. The number of rotatable bonds is 7. The van der Waals surface area contributed by atoms with Crippen molar-refractivity contribution in [3.8, 4) is 11.4 Å². The van der Waals surface area contributed by atoms with Gasteiger partial charge < -0.3 is 4.52 Å². The molecule has 150 valence electrons. The van der Waals surface area contributed by atoms with E-state index in [1.165, 1.54) is 6.07 Å². The summed E-state index contributed by atoms with van der Waals surface area (Å²) in [6.45, 7) is 1.99. The Morgan fingerprint density at radius 2 is 1.79 bits per heavy atom. The van der Waals surface area contributed by atoms with Crippen molar-refractivity contribution >= 4 is 23.6 Å². The number of aryl methyl sites for hydroxylation is 2. The monoisotopic (exact) mass is 414 g/mol. The number of carbonyl (C=O) groups is 2. The highest BCUT2D eigenvalue weighted by Crippen LogP contribution is 2.20. The van der Waals surface area contributed by atoms with Crippen LogP contribution < -0.4 is 10.9 Å². The van der Waals surface area contributed by atoms with Gasteiger partial charge in [-0.1, -0.05) is 47.1 Å². The lowest BCUT2D eigenvalue weighted by molar-refractivity contribution is -0.127. The van der Waals surface area contributed by atoms with Crippen LogP contribution in [0.3, 0.4) is 0 Å². The van der Waals surface area contributed by atoms with Crippen molar-refractivity contribution in [2.45, 2.75) is 24.7 Å². The molecule has 0 bridgehead atoms. The van der Waals surface area contributed by atoms with Crippen molar-refractivity contribution in [2.24, 2.45) is 0 Å². The summed E-state index contributed by atoms with van der Waals surface area (Å²) >= 11 is 1.05. The molecular weight excluding hydrogens is 395 g/mol. The second-order valence-electron chi connectivity index (χ2n) is 6.19. The maximum Gasteiger partial charge on any atom is 0.248 e. The fourth-order valence-electron chi connectivity index (χ4n) is 2.34. The quantitative estimate of drug-likeness (QED) is 0.456. The molecule has 3 aromatic rings. The van der Waals surface area contributed by atoms with E-state index in [0.717, 1.165) is 22.9 Å². The zero-order chi connectivity index (χ0) is 20.6. The van der Waals surface area contributed by atoms with E-state index in [2.05, 4.69) is 21.0 Å². The maximum atomic E-state index is 13.5. The van der Waals surface area contributed by atoms with Gasteiger partial charge in [0.15, 0.2) is 0 Å². The zero-order valence-electron chi connectivity index (χ0n) is 15.6. The second-order valence-corrected chi connectivity index (χ2v) is 7.21. The van der Waals surface area contributed by atoms with Crippen molar-refractivity contribution in [1.29, 1.82) is 0 Å². The minimum Gasteiger partial charge on any atom is -0.339 e. The van der Waals surface area contributed by atoms with Crippen LogP contribution in [0.25, 0.3) is 11.4 Å². The average molecular weight is 414 g/mol. The summed E-state index contributed by atoms with van der Waals surface area (Å²) < 4.78 is 18.7. The number of hydrogen-bond acceptors (Lipinski definition) is 6. The van der Waals surface area contributed by atoms with E-state index in [4.69, 9.17) is 4.52 Å². The summed E-state index contributed by atoms with van der Waals surface area (Å²) in [7, 11) is 0. The molecule has 0 fully saturated rings. The Kier molecular flexibility index (Phi) is 6.96. The number of nitrogens with zero attached hydrogens (tertiary/aromatic N) is 2. The van der Waals surface area contributed by atoms with E-state index in [1.54, 1.807) is 18.2 Å². The summed E-state index contributed by atoms with van der Waals surface area (Å²) in [5, 5.41) is 3.91. The zero-order valence-corrected chi connectivity index (χ0v) is 16.5. The number of nitrogens with one attached hydrogen (secondary N) is 2. The minimum atomic E-state index is -0.439. The average Bonchev–Trinajstić information content (AvgIpc) is 3.19. The van der Waals surface area contributed by atoms with Gasteiger partial charge in [-0.05, 0) is 19.1 Å². The van der Waals surface area contributed by atoms with Crippen LogP contribution in [0.5, 0.6) is 0 Å². The highest BCUT2D eigenvalue weighted by Gasteiger charge is 2.12. The first kappa shape index (κ1) is 20.5. The van der Waals surface area contributed by atoms with E-state index in [-0.39, 0.29) is 24.4 Å². The van der Waals surface area contributed by atoms with E-state index in [0.29, 0.717) is 16.6 Å². The van der Waals surface area contributed by atoms with Crippen LogP contribution >= 0.6 is 11.8 Å². The molecule has 1 heterocycles. The Balaban J connectivity index is 1.39. The van der Waals surface area contributed by atoms with Gasteiger partial charge in [-0.15, -0.1) is 11.8 Å². The molecule has 0 saturated carbocycles. The van der Waals surface area contributed by atoms with Crippen LogP contribution in [0.4, 0.5) is 4.39 Å². The Labute approximate surface area is 171 Å². The van der Waals surface area contributed by atoms with Crippen molar-refractivity contribution in [1.82, 2.24) is 21.0 Å². The lowest BCUT2D eigenvalue weighted by Crippen LogP contribution is -2.42. The van der Waals surface area contributed by atoms with Gasteiger partial charge in [-0.25, -0.2) is 4.39 Å². The fourth-order valence-corrected chi connectivity index (χ4v) is 3.08. The second kappa shape index (κ2) is 9.83. The number of aromatic nitrogens is 2. The van der Waals surface area contributed by atoms with Gasteiger partial charge in [-0.2, -0.15) is 4.98 Å². The SMILES string of the molecule is Cc1ccc(-c2noc(CCC(=O)NNC(=O)CSc3ccccc3F)n2)cc1. The topological polar surface area (TPSA) is 97.1 Å². The Hall–Kier alpha value is -3.20. The predicted molar refractivity (Wildman–Crippen MR) is 106 cm³/mol. The van der Waals surface area contributed by atoms with Crippen molar-refractivity contribution in [3.05, 3.63) is 65.8 Å². The molecule has 0 unspecified atom stereocenters. The smallest absolute Gasteiger partial charge is 0.248 e. The number of amides is 2. The third-order valence-electron chi connectivity index (χ3n) is 3.88. The normalized spacial score (nSPS) is 10.6. The van der Waals surface area contributed by atoms with Gasteiger partial charge in [0.2, 0.25) is 23.5 Å². The standard InChI is InChI=1S/C20H19FN4O3S/c1-13-6-8-14(9-7-13)20-22-19(28-25-20)11-10-17(26)23-24-18(27)12-29-16-5-3-2-4-15(16)21/h2-9H,10-12H2,1H3,(H,23,26)(H,24,27). The molecular formula is C20H19FN4O3S. The lowest BCUT2D eigenvalue weighted by Gasteiger charge is -2.07. The predicted octanol–water partition coefficient (Wildman–Crippen LogP) is 3.06. The first-order valence-electron chi connectivity index (χ1n) is 8.86. The Morgan fingerprint density at radius 1 is 1.07 bits per heavy atom. The summed E-state index contributed by atoms with van der Waals surface area (Å²) in [4.78, 5) is 28.3. The summed E-state index contributed by atoms with van der Waals surface area (Å²) in [6.07, 6.45) is 0.306. The molecule has 2 N–H and O–H groups in total. The van der Waals surface area contributed by atoms with Crippen LogP contribution in [0.1, 0.15) is 17.9 Å². The molecule has 7 nitrogen and oxygen atoms in total. The molecule has 9 heteroatoms. The largest absolute Gasteiger partial charge is 0.339 e. The molecule has 29 heavy (non-hydrogen) atoms. The van der Waals surface area contributed by atoms with Crippen LogP contribution in [0.15, 0.2) is 57.9 Å². The molecule has 2 aromatic carbocycles. The van der Waals surface area contributed by atoms with Gasteiger partial charge in [-0.3, -0.25) is 20.4 Å². The number of benzene rings is 2. The van der Waals surface area contributed by atoms with Crippen LogP contribution in [0, 0.1) is 12.7 Å². The number of hydrazine groups is 1. The number of thioether (sulfide) groups is 1. The molecule has 0 atom stereocenters. The Morgan fingerprint density at radius 3 is 2.55 bits per heavy atom. The number of halogens is 1. The van der Waals surface area contributed by atoms with Crippen molar-refractivity contribution in [3.63, 3.8) is 0 Å². The summed E-state index contributed by atoms with van der Waals surface area (Å²) in [5.74, 6) is -0.463. The van der Waals surface area contributed by atoms with Crippen LogP contribution in [-0.2, 0) is 16.0 Å². The summed E-state index contributed by atoms with van der Waals surface area (Å²) in [5.41, 5.74) is 6.57. The lowest BCUT2D eigenvalue weighted by atomic mass is 10.1. The third kappa shape index (κ3) is 6.15. The van der Waals surface area contributed by atoms with Gasteiger partial charge in [0.05, 0.1) is 5.75 Å². The van der Waals surface area contributed by atoms with Crippen molar-refractivity contribution in [2.75, 3.05) is 5.75 Å². The fraction of sp³-hybridized carbons (Fsp3) is 0.200. The van der Waals surface area contributed by atoms with E-state index >= 15 is 0 Å². The van der Waals surface area contributed by atoms with Crippen LogP contribution in [-0.4, -0.2) is 27.7 Å². The van der Waals surface area contributed by atoms with Gasteiger partial charge in [0.25, 0.3) is 0 Å². The molecule has 3 rings (SSSR count). The molecule has 0 saturated heterocycles. The van der Waals surface area contributed by atoms with E-state index < -0.39 is 11.8 Å². The molecule has 0 radical (unpaired) electrons. The Bertz CT molecular complexity index is 991. The molecule has 0 aliphatic rings. The number of hydrogen-bond donors (Lipinski definition) is 2. The number of carbonyl (C=O) groups excluding carboxylic acids is 2. The molecule has 1 aromatic heterocycles. The molecule has 0 aliphatic heterocycles.